The van der Waals surface area contributed by atoms with Crippen LogP contribution in [0.15, 0.2) is 218 Å². The average Bonchev–Trinajstić information content (AvgIpc) is 3.35. The molecule has 9 heteroatoms. The third-order valence-corrected chi connectivity index (χ3v) is 21.4. The number of rotatable bonds is 10. The first kappa shape index (κ1) is 41.2. The monoisotopic (exact) mass is 914 g/mol. The Balaban J connectivity index is 1.20. The molecule has 0 saturated carbocycles. The van der Waals surface area contributed by atoms with Gasteiger partial charge in [-0.3, -0.25) is 0 Å². The molecule has 65 heavy (non-hydrogen) atoms. The Morgan fingerprint density at radius 2 is 0.523 bits per heavy atom. The summed E-state index contributed by atoms with van der Waals surface area (Å²) in [5.41, 5.74) is 5.85. The molecule has 2 heterocycles. The van der Waals surface area contributed by atoms with Crippen LogP contribution < -0.4 is 17.6 Å². The predicted octanol–water partition coefficient (Wildman–Crippen LogP) is 11.2. The van der Waals surface area contributed by atoms with Crippen LogP contribution in [0.2, 0.25) is 0 Å². The van der Waals surface area contributed by atoms with E-state index in [0.717, 1.165) is 19.9 Å². The molecule has 2 aromatic heterocycles. The number of hydrogen-bond acceptors (Lipinski definition) is 4. The van der Waals surface area contributed by atoms with Crippen molar-refractivity contribution in [2.24, 2.45) is 0 Å². The molecule has 0 saturated heterocycles. The van der Waals surface area contributed by atoms with Crippen LogP contribution in [-0.2, 0) is 0 Å². The van der Waals surface area contributed by atoms with Gasteiger partial charge in [0.1, 0.15) is 0 Å². The fraction of sp³-hybridized carbons (Fsp3) is 0. The van der Waals surface area contributed by atoms with E-state index < -0.39 is 36.5 Å². The molecular formula is C56H36F4GeN4. The molecule has 0 bridgehead atoms. The Morgan fingerprint density at radius 1 is 0.246 bits per heavy atom. The minimum atomic E-state index is -4.06. The van der Waals surface area contributed by atoms with Gasteiger partial charge in [0.15, 0.2) is 0 Å². The van der Waals surface area contributed by atoms with Crippen molar-refractivity contribution in [1.82, 2.24) is 19.9 Å². The van der Waals surface area contributed by atoms with Crippen LogP contribution in [0.1, 0.15) is 0 Å². The fourth-order valence-corrected chi connectivity index (χ4v) is 18.6. The van der Waals surface area contributed by atoms with Gasteiger partial charge in [0, 0.05) is 0 Å². The zero-order chi connectivity index (χ0) is 44.3. The van der Waals surface area contributed by atoms with Crippen LogP contribution in [0.25, 0.3) is 67.8 Å². The van der Waals surface area contributed by atoms with E-state index in [0.29, 0.717) is 56.7 Å². The summed E-state index contributed by atoms with van der Waals surface area (Å²) < 4.78 is 63.1. The van der Waals surface area contributed by atoms with Crippen LogP contribution in [0.3, 0.4) is 0 Å². The molecule has 10 aromatic rings. The molecule has 0 radical (unpaired) electrons. The third kappa shape index (κ3) is 8.39. The number of hydrogen-bond donors (Lipinski definition) is 0. The van der Waals surface area contributed by atoms with E-state index in [4.69, 9.17) is 19.9 Å². The van der Waals surface area contributed by atoms with Crippen LogP contribution in [0.5, 0.6) is 0 Å². The predicted molar refractivity (Wildman–Crippen MR) is 254 cm³/mol. The summed E-state index contributed by atoms with van der Waals surface area (Å²) in [4.78, 5) is 19.7. The van der Waals surface area contributed by atoms with Crippen LogP contribution >= 0.6 is 0 Å². The van der Waals surface area contributed by atoms with Crippen molar-refractivity contribution >= 4 is 30.8 Å². The van der Waals surface area contributed by atoms with E-state index in [1.54, 1.807) is 48.5 Å². The minimum absolute atomic E-state index is 0.304. The van der Waals surface area contributed by atoms with Gasteiger partial charge in [-0.15, -0.1) is 0 Å². The molecule has 0 atom stereocenters. The van der Waals surface area contributed by atoms with Crippen molar-refractivity contribution in [3.63, 3.8) is 0 Å². The summed E-state index contributed by atoms with van der Waals surface area (Å²) in [5.74, 6) is -1.04. The number of benzene rings is 8. The zero-order valence-corrected chi connectivity index (χ0v) is 36.7. The standard InChI is InChI=1S/C56H36F4GeN4/c57-43-19-7-13-37(29-43)51-35-53(64-55(62-51)41-17-9-21-45(59)31-41)39-15-11-27-49(33-39)61(47-23-3-1-4-24-47,48-25-5-2-6-26-48)50-28-12-16-40(34-50)54-36-52(38-14-8-20-44(58)30-38)63-56(65-54)42-18-10-22-46(60)32-42/h1-36H. The van der Waals surface area contributed by atoms with Gasteiger partial charge in [-0.25, -0.2) is 0 Å². The van der Waals surface area contributed by atoms with Crippen molar-refractivity contribution in [2.75, 3.05) is 0 Å². The molecule has 0 spiro atoms. The van der Waals surface area contributed by atoms with Crippen molar-refractivity contribution < 1.29 is 17.6 Å². The second-order valence-corrected chi connectivity index (χ2v) is 23.6. The van der Waals surface area contributed by atoms with Gasteiger partial charge < -0.3 is 0 Å². The number of aromatic nitrogens is 4. The molecule has 0 aliphatic heterocycles. The molecule has 0 aliphatic rings. The Kier molecular flexibility index (Phi) is 11.3. The fourth-order valence-electron chi connectivity index (χ4n) is 8.49. The topological polar surface area (TPSA) is 51.6 Å². The maximum atomic E-state index is 14.7. The summed E-state index contributed by atoms with van der Waals surface area (Å²) in [6, 6.07) is 66.3. The van der Waals surface area contributed by atoms with Gasteiger partial charge in [-0.05, 0) is 0 Å². The van der Waals surface area contributed by atoms with E-state index >= 15 is 0 Å². The Labute approximate surface area is 376 Å². The Morgan fingerprint density at radius 3 is 0.862 bits per heavy atom. The molecule has 312 valence electrons. The molecule has 4 nitrogen and oxygen atoms in total. The number of halogens is 4. The third-order valence-electron chi connectivity index (χ3n) is 11.5. The van der Waals surface area contributed by atoms with E-state index in [1.807, 2.05) is 48.5 Å². The SMILES string of the molecule is Fc1cccc(-c2cc(-c3ccc[c]([Ge]([c]4ccccc4)([c]4ccccc4)[c]4cccc(-c5cc(-c6cccc(F)c6)nc(-c6cccc(F)c6)n5)c4)c3)nc(-c3cccc(F)c3)n2)c1. The van der Waals surface area contributed by atoms with Crippen molar-refractivity contribution in [3.05, 3.63) is 242 Å². The van der Waals surface area contributed by atoms with Gasteiger partial charge in [0.2, 0.25) is 0 Å². The quantitative estimate of drug-likeness (QED) is 0.101. The van der Waals surface area contributed by atoms with Gasteiger partial charge in [-0.1, -0.05) is 0 Å². The zero-order valence-electron chi connectivity index (χ0n) is 34.6. The van der Waals surface area contributed by atoms with Crippen LogP contribution in [0.4, 0.5) is 17.6 Å². The molecule has 0 unspecified atom stereocenters. The Hall–Kier alpha value is -7.82. The summed E-state index contributed by atoms with van der Waals surface area (Å²) in [5, 5.41) is 0. The molecular weight excluding hydrogens is 877 g/mol. The van der Waals surface area contributed by atoms with Gasteiger partial charge >= 0.3 is 378 Å². The average molecular weight is 914 g/mol. The first-order valence-corrected chi connectivity index (χ1v) is 25.1. The normalized spacial score (nSPS) is 11.4. The maximum absolute atomic E-state index is 14.7. The number of nitrogens with zero attached hydrogens (tertiary/aromatic N) is 4. The summed E-state index contributed by atoms with van der Waals surface area (Å²) in [6.45, 7) is 0. The molecule has 0 N–H and O–H groups in total. The Bertz CT molecular complexity index is 3000. The van der Waals surface area contributed by atoms with Gasteiger partial charge in [-0.2, -0.15) is 0 Å². The van der Waals surface area contributed by atoms with E-state index in [1.165, 1.54) is 57.3 Å². The van der Waals surface area contributed by atoms with Crippen LogP contribution in [-0.4, -0.2) is 33.2 Å². The first-order chi connectivity index (χ1) is 31.8. The van der Waals surface area contributed by atoms with E-state index in [9.17, 15) is 17.6 Å². The van der Waals surface area contributed by atoms with Crippen LogP contribution in [0, 0.1) is 23.3 Å². The van der Waals surface area contributed by atoms with Crippen molar-refractivity contribution in [1.29, 1.82) is 0 Å². The summed E-state index contributed by atoms with van der Waals surface area (Å²) in [6.07, 6.45) is 0. The van der Waals surface area contributed by atoms with Gasteiger partial charge in [0.05, 0.1) is 0 Å². The molecule has 8 aromatic carbocycles. The molecule has 10 rings (SSSR count). The molecule has 0 fully saturated rings. The van der Waals surface area contributed by atoms with Crippen molar-refractivity contribution in [3.8, 4) is 67.8 Å². The van der Waals surface area contributed by atoms with Gasteiger partial charge in [0.25, 0.3) is 0 Å². The van der Waals surface area contributed by atoms with E-state index in [2.05, 4.69) is 72.8 Å². The first-order valence-electron chi connectivity index (χ1n) is 20.9. The summed E-state index contributed by atoms with van der Waals surface area (Å²) in [7, 11) is 0. The molecule has 0 aliphatic carbocycles. The summed E-state index contributed by atoms with van der Waals surface area (Å²) >= 11 is -4.06. The van der Waals surface area contributed by atoms with E-state index in [-0.39, 0.29) is 0 Å². The second-order valence-electron chi connectivity index (χ2n) is 15.6. The van der Waals surface area contributed by atoms with Crippen molar-refractivity contribution in [2.45, 2.75) is 0 Å². The second kappa shape index (κ2) is 17.7. The molecule has 0 amide bonds.